The molecule has 0 aliphatic rings. The Labute approximate surface area is 177 Å². The van der Waals surface area contributed by atoms with Crippen LogP contribution < -0.4 is 5.32 Å². The zero-order valence-electron chi connectivity index (χ0n) is 15.6. The molecule has 0 saturated carbocycles. The molecule has 2 unspecified atom stereocenters. The quantitative estimate of drug-likeness (QED) is 0.571. The van der Waals surface area contributed by atoms with Gasteiger partial charge in [0.15, 0.2) is 0 Å². The van der Waals surface area contributed by atoms with Crippen LogP contribution in [0.2, 0.25) is 10.0 Å². The number of rotatable bonds is 6. The number of amides is 1. The number of carbonyl (C=O) groups is 1. The highest BCUT2D eigenvalue weighted by Gasteiger charge is 2.21. The molecule has 0 radical (unpaired) electrons. The summed E-state index contributed by atoms with van der Waals surface area (Å²) in [6, 6.07) is 12.8. The fraction of sp³-hybridized carbons (Fsp3) is 0.263. The van der Waals surface area contributed by atoms with Crippen molar-refractivity contribution in [2.24, 2.45) is 0 Å². The van der Waals surface area contributed by atoms with Crippen molar-refractivity contribution < 1.29 is 4.79 Å². The van der Waals surface area contributed by atoms with Crippen molar-refractivity contribution in [3.05, 3.63) is 63.6 Å². The van der Waals surface area contributed by atoms with Crippen LogP contribution in [0.1, 0.15) is 31.0 Å². The Kier molecular flexibility index (Phi) is 6.59. The largest absolute Gasteiger partial charge is 0.349 e. The molecule has 28 heavy (non-hydrogen) atoms. The van der Waals surface area contributed by atoms with E-state index >= 15 is 0 Å². The van der Waals surface area contributed by atoms with Gasteiger partial charge in [0.25, 0.3) is 0 Å². The average molecular weight is 436 g/mol. The SMILES string of the molecule is Cc1ccc(-n2nnnc2SC(C)C(=O)NC(C)c2ccc(Cl)cc2Cl)cc1. The highest BCUT2D eigenvalue weighted by atomic mass is 35.5. The molecule has 1 N–H and O–H groups in total. The number of tetrazole rings is 1. The normalized spacial score (nSPS) is 13.2. The van der Waals surface area contributed by atoms with Crippen LogP contribution in [0.5, 0.6) is 0 Å². The van der Waals surface area contributed by atoms with Crippen molar-refractivity contribution in [3.8, 4) is 5.69 Å². The highest BCUT2D eigenvalue weighted by molar-refractivity contribution is 8.00. The molecule has 1 heterocycles. The monoisotopic (exact) mass is 435 g/mol. The predicted octanol–water partition coefficient (Wildman–Crippen LogP) is 4.64. The maximum atomic E-state index is 12.6. The fourth-order valence-electron chi connectivity index (χ4n) is 2.57. The number of hydrogen-bond donors (Lipinski definition) is 1. The Morgan fingerprint density at radius 2 is 1.86 bits per heavy atom. The predicted molar refractivity (Wildman–Crippen MR) is 112 cm³/mol. The van der Waals surface area contributed by atoms with Crippen LogP contribution in [0.4, 0.5) is 0 Å². The van der Waals surface area contributed by atoms with Gasteiger partial charge in [-0.3, -0.25) is 4.79 Å². The van der Waals surface area contributed by atoms with E-state index in [1.165, 1.54) is 11.8 Å². The number of nitrogens with one attached hydrogen (secondary N) is 1. The summed E-state index contributed by atoms with van der Waals surface area (Å²) in [5.74, 6) is -0.137. The van der Waals surface area contributed by atoms with E-state index in [1.807, 2.05) is 51.1 Å². The van der Waals surface area contributed by atoms with Crippen LogP contribution in [-0.2, 0) is 4.79 Å². The van der Waals surface area contributed by atoms with E-state index in [0.717, 1.165) is 16.8 Å². The van der Waals surface area contributed by atoms with Crippen LogP contribution in [0.15, 0.2) is 47.6 Å². The van der Waals surface area contributed by atoms with E-state index < -0.39 is 5.25 Å². The molecule has 3 aromatic rings. The minimum Gasteiger partial charge on any atom is -0.349 e. The number of halogens is 2. The summed E-state index contributed by atoms with van der Waals surface area (Å²) in [5.41, 5.74) is 2.79. The molecule has 3 rings (SSSR count). The lowest BCUT2D eigenvalue weighted by Crippen LogP contribution is -2.33. The van der Waals surface area contributed by atoms with Crippen LogP contribution in [0.25, 0.3) is 5.69 Å². The Morgan fingerprint density at radius 3 is 2.54 bits per heavy atom. The molecule has 0 aliphatic heterocycles. The first kappa shape index (κ1) is 20.6. The molecule has 1 amide bonds. The molecule has 0 aliphatic carbocycles. The number of benzene rings is 2. The molecular formula is C19H19Cl2N5OS. The van der Waals surface area contributed by atoms with Crippen molar-refractivity contribution in [1.29, 1.82) is 0 Å². The third-order valence-electron chi connectivity index (χ3n) is 4.16. The van der Waals surface area contributed by atoms with Crippen LogP contribution >= 0.6 is 35.0 Å². The maximum Gasteiger partial charge on any atom is 0.233 e. The molecule has 1 aromatic heterocycles. The van der Waals surface area contributed by atoms with E-state index in [0.29, 0.717) is 15.2 Å². The third kappa shape index (κ3) is 4.84. The number of nitrogens with zero attached hydrogens (tertiary/aromatic N) is 4. The van der Waals surface area contributed by atoms with Crippen LogP contribution in [0.3, 0.4) is 0 Å². The highest BCUT2D eigenvalue weighted by Crippen LogP contribution is 2.27. The lowest BCUT2D eigenvalue weighted by molar-refractivity contribution is -0.120. The second kappa shape index (κ2) is 8.94. The third-order valence-corrected chi connectivity index (χ3v) is 5.75. The Morgan fingerprint density at radius 1 is 1.14 bits per heavy atom. The van der Waals surface area contributed by atoms with Crippen LogP contribution in [-0.4, -0.2) is 31.4 Å². The van der Waals surface area contributed by atoms with Crippen molar-refractivity contribution in [2.45, 2.75) is 37.2 Å². The molecule has 9 heteroatoms. The first-order chi connectivity index (χ1) is 13.3. The summed E-state index contributed by atoms with van der Waals surface area (Å²) in [7, 11) is 0. The molecule has 2 aromatic carbocycles. The number of aryl methyl sites for hydroxylation is 1. The van der Waals surface area contributed by atoms with Gasteiger partial charge in [-0.2, -0.15) is 4.68 Å². The van der Waals surface area contributed by atoms with Gasteiger partial charge >= 0.3 is 0 Å². The molecule has 2 atom stereocenters. The van der Waals surface area contributed by atoms with Gasteiger partial charge in [-0.25, -0.2) is 0 Å². The van der Waals surface area contributed by atoms with Gasteiger partial charge in [0.1, 0.15) is 0 Å². The lowest BCUT2D eigenvalue weighted by Gasteiger charge is -2.18. The lowest BCUT2D eigenvalue weighted by atomic mass is 10.1. The topological polar surface area (TPSA) is 72.7 Å². The van der Waals surface area contributed by atoms with Gasteiger partial charge in [-0.1, -0.05) is 58.7 Å². The Balaban J connectivity index is 1.68. The van der Waals surface area contributed by atoms with E-state index in [1.54, 1.807) is 16.8 Å². The zero-order valence-corrected chi connectivity index (χ0v) is 17.9. The Hall–Kier alpha value is -2.09. The average Bonchev–Trinajstić information content (AvgIpc) is 3.10. The van der Waals surface area contributed by atoms with Crippen LogP contribution in [0, 0.1) is 6.92 Å². The summed E-state index contributed by atoms with van der Waals surface area (Å²) in [6.07, 6.45) is 0. The Bertz CT molecular complexity index is 977. The first-order valence-corrected chi connectivity index (χ1v) is 10.3. The zero-order chi connectivity index (χ0) is 20.3. The smallest absolute Gasteiger partial charge is 0.233 e. The standard InChI is InChI=1S/C19H19Cl2N5OS/c1-11-4-7-15(8-5-11)26-19(23-24-25-26)28-13(3)18(27)22-12(2)16-9-6-14(20)10-17(16)21/h4-10,12-13H,1-3H3,(H,22,27). The summed E-state index contributed by atoms with van der Waals surface area (Å²) in [6.45, 7) is 5.70. The minimum absolute atomic E-state index is 0.137. The molecule has 0 spiro atoms. The molecule has 0 saturated heterocycles. The van der Waals surface area contributed by atoms with E-state index in [9.17, 15) is 4.79 Å². The van der Waals surface area contributed by atoms with Crippen molar-refractivity contribution >= 4 is 40.9 Å². The number of carbonyl (C=O) groups excluding carboxylic acids is 1. The molecule has 146 valence electrons. The molecule has 0 bridgehead atoms. The summed E-state index contributed by atoms with van der Waals surface area (Å²) in [5, 5.41) is 16.0. The van der Waals surface area contributed by atoms with Crippen molar-refractivity contribution in [2.75, 3.05) is 0 Å². The van der Waals surface area contributed by atoms with Gasteiger partial charge in [0, 0.05) is 10.0 Å². The number of hydrogen-bond acceptors (Lipinski definition) is 5. The molecule has 0 fully saturated rings. The molecular weight excluding hydrogens is 417 g/mol. The van der Waals surface area contributed by atoms with E-state index in [2.05, 4.69) is 20.8 Å². The number of thioether (sulfide) groups is 1. The number of aromatic nitrogens is 4. The summed E-state index contributed by atoms with van der Waals surface area (Å²) in [4.78, 5) is 12.6. The van der Waals surface area contributed by atoms with Crippen molar-refractivity contribution in [1.82, 2.24) is 25.5 Å². The summed E-state index contributed by atoms with van der Waals surface area (Å²) >= 11 is 13.5. The van der Waals surface area contributed by atoms with E-state index in [4.69, 9.17) is 23.2 Å². The van der Waals surface area contributed by atoms with Gasteiger partial charge in [0.2, 0.25) is 11.1 Å². The second-order valence-electron chi connectivity index (χ2n) is 6.37. The van der Waals surface area contributed by atoms with Gasteiger partial charge in [0.05, 0.1) is 17.0 Å². The first-order valence-electron chi connectivity index (χ1n) is 8.62. The summed E-state index contributed by atoms with van der Waals surface area (Å²) < 4.78 is 1.62. The van der Waals surface area contributed by atoms with E-state index in [-0.39, 0.29) is 11.9 Å². The van der Waals surface area contributed by atoms with Gasteiger partial charge in [-0.15, -0.1) is 5.10 Å². The maximum absolute atomic E-state index is 12.6. The van der Waals surface area contributed by atoms with Gasteiger partial charge < -0.3 is 5.32 Å². The van der Waals surface area contributed by atoms with Gasteiger partial charge in [-0.05, 0) is 61.0 Å². The van der Waals surface area contributed by atoms with Crippen molar-refractivity contribution in [3.63, 3.8) is 0 Å². The fourth-order valence-corrected chi connectivity index (χ4v) is 3.96. The molecule has 6 nitrogen and oxygen atoms in total. The second-order valence-corrected chi connectivity index (χ2v) is 8.52. The minimum atomic E-state index is -0.399.